The van der Waals surface area contributed by atoms with Gasteiger partial charge in [0.05, 0.1) is 13.0 Å². The second kappa shape index (κ2) is 8.37. The van der Waals surface area contributed by atoms with Crippen LogP contribution in [-0.2, 0) is 9.53 Å². The van der Waals surface area contributed by atoms with E-state index in [1.165, 1.54) is 0 Å². The number of nitrogens with zero attached hydrogens (tertiary/aromatic N) is 1. The molecule has 1 heterocycles. The van der Waals surface area contributed by atoms with Crippen LogP contribution in [0, 0.1) is 5.92 Å². The highest BCUT2D eigenvalue weighted by molar-refractivity contribution is 5.76. The van der Waals surface area contributed by atoms with E-state index < -0.39 is 13.0 Å². The molecule has 18 heavy (non-hydrogen) atoms. The zero-order chi connectivity index (χ0) is 13.4. The Bertz CT molecular complexity index is 250. The monoisotopic (exact) mass is 264 g/mol. The molecule has 1 aliphatic rings. The fourth-order valence-electron chi connectivity index (χ4n) is 2.25. The summed E-state index contributed by atoms with van der Waals surface area (Å²) in [7, 11) is 0. The van der Waals surface area contributed by atoms with E-state index >= 15 is 0 Å². The molecule has 1 aliphatic heterocycles. The average Bonchev–Trinajstić information content (AvgIpc) is 2.35. The number of piperidine rings is 1. The standard InChI is InChI=1S/C12H22F2N2O2/c13-11(14)9-18-7-4-12(17)16-6-1-2-10(8-16)3-5-15/h10-11H,1-9,15H2. The van der Waals surface area contributed by atoms with E-state index in [0.29, 0.717) is 12.5 Å². The molecule has 0 radical (unpaired) electrons. The topological polar surface area (TPSA) is 55.6 Å². The molecular weight excluding hydrogens is 242 g/mol. The van der Waals surface area contributed by atoms with Crippen LogP contribution in [0.1, 0.15) is 25.7 Å². The summed E-state index contributed by atoms with van der Waals surface area (Å²) in [5.41, 5.74) is 5.51. The first-order valence-corrected chi connectivity index (χ1v) is 6.47. The maximum atomic E-state index is 11.8. The zero-order valence-electron chi connectivity index (χ0n) is 10.6. The second-order valence-electron chi connectivity index (χ2n) is 4.64. The van der Waals surface area contributed by atoms with Gasteiger partial charge in [-0.25, -0.2) is 8.78 Å². The van der Waals surface area contributed by atoms with Crippen LogP contribution in [0.5, 0.6) is 0 Å². The van der Waals surface area contributed by atoms with Crippen molar-refractivity contribution < 1.29 is 18.3 Å². The van der Waals surface area contributed by atoms with Gasteiger partial charge in [0.2, 0.25) is 5.91 Å². The quantitative estimate of drug-likeness (QED) is 0.704. The van der Waals surface area contributed by atoms with Crippen LogP contribution in [-0.4, -0.2) is 50.1 Å². The highest BCUT2D eigenvalue weighted by Gasteiger charge is 2.22. The summed E-state index contributed by atoms with van der Waals surface area (Å²) in [4.78, 5) is 13.6. The lowest BCUT2D eigenvalue weighted by Crippen LogP contribution is -2.40. The predicted molar refractivity (Wildman–Crippen MR) is 64.4 cm³/mol. The SMILES string of the molecule is NCCC1CCCN(C(=O)CCOCC(F)F)C1. The molecule has 1 fully saturated rings. The summed E-state index contributed by atoms with van der Waals surface area (Å²) < 4.78 is 28.3. The molecule has 0 aliphatic carbocycles. The zero-order valence-corrected chi connectivity index (χ0v) is 10.6. The summed E-state index contributed by atoms with van der Waals surface area (Å²) in [6.45, 7) is 1.62. The molecule has 1 unspecified atom stereocenters. The van der Waals surface area contributed by atoms with Gasteiger partial charge in [0.25, 0.3) is 6.43 Å². The number of alkyl halides is 2. The third-order valence-corrected chi connectivity index (χ3v) is 3.15. The van der Waals surface area contributed by atoms with Gasteiger partial charge in [0, 0.05) is 13.1 Å². The Morgan fingerprint density at radius 2 is 2.28 bits per heavy atom. The lowest BCUT2D eigenvalue weighted by atomic mass is 9.95. The number of carbonyl (C=O) groups excluding carboxylic acids is 1. The number of ether oxygens (including phenoxy) is 1. The van der Waals surface area contributed by atoms with Crippen molar-refractivity contribution in [3.05, 3.63) is 0 Å². The van der Waals surface area contributed by atoms with Crippen LogP contribution in [0.4, 0.5) is 8.78 Å². The third kappa shape index (κ3) is 5.73. The highest BCUT2D eigenvalue weighted by atomic mass is 19.3. The third-order valence-electron chi connectivity index (χ3n) is 3.15. The van der Waals surface area contributed by atoms with Crippen LogP contribution in [0.2, 0.25) is 0 Å². The maximum Gasteiger partial charge on any atom is 0.261 e. The Morgan fingerprint density at radius 1 is 1.50 bits per heavy atom. The molecule has 106 valence electrons. The van der Waals surface area contributed by atoms with Gasteiger partial charge in [-0.2, -0.15) is 0 Å². The summed E-state index contributed by atoms with van der Waals surface area (Å²) >= 11 is 0. The smallest absolute Gasteiger partial charge is 0.261 e. The molecule has 1 rings (SSSR count). The number of amides is 1. The van der Waals surface area contributed by atoms with Crippen LogP contribution in [0.3, 0.4) is 0 Å². The largest absolute Gasteiger partial charge is 0.375 e. The van der Waals surface area contributed by atoms with E-state index in [0.717, 1.165) is 32.4 Å². The van der Waals surface area contributed by atoms with Crippen molar-refractivity contribution in [3.8, 4) is 0 Å². The molecule has 1 amide bonds. The van der Waals surface area contributed by atoms with Gasteiger partial charge in [0.15, 0.2) is 0 Å². The number of carbonyl (C=O) groups is 1. The van der Waals surface area contributed by atoms with Crippen molar-refractivity contribution in [3.63, 3.8) is 0 Å². The molecule has 0 aromatic heterocycles. The number of likely N-dealkylation sites (tertiary alicyclic amines) is 1. The van der Waals surface area contributed by atoms with Gasteiger partial charge >= 0.3 is 0 Å². The van der Waals surface area contributed by atoms with Crippen LogP contribution in [0.15, 0.2) is 0 Å². The minimum atomic E-state index is -2.47. The minimum Gasteiger partial charge on any atom is -0.375 e. The number of hydrogen-bond acceptors (Lipinski definition) is 3. The molecule has 0 aromatic carbocycles. The summed E-state index contributed by atoms with van der Waals surface area (Å²) in [5, 5.41) is 0. The first kappa shape index (κ1) is 15.3. The van der Waals surface area contributed by atoms with Gasteiger partial charge in [-0.1, -0.05) is 0 Å². The lowest BCUT2D eigenvalue weighted by molar-refractivity contribution is -0.134. The molecule has 0 spiro atoms. The Morgan fingerprint density at radius 3 is 2.94 bits per heavy atom. The van der Waals surface area contributed by atoms with Crippen molar-refractivity contribution in [2.75, 3.05) is 32.8 Å². The summed E-state index contributed by atoms with van der Waals surface area (Å²) in [5.74, 6) is 0.473. The van der Waals surface area contributed by atoms with Crippen LogP contribution >= 0.6 is 0 Å². The highest BCUT2D eigenvalue weighted by Crippen LogP contribution is 2.19. The van der Waals surface area contributed by atoms with Crippen LogP contribution < -0.4 is 5.73 Å². The van der Waals surface area contributed by atoms with Crippen molar-refractivity contribution >= 4 is 5.91 Å². The van der Waals surface area contributed by atoms with E-state index in [1.54, 1.807) is 4.90 Å². The molecule has 0 aromatic rings. The molecule has 6 heteroatoms. The van der Waals surface area contributed by atoms with Gasteiger partial charge in [-0.3, -0.25) is 4.79 Å². The molecular formula is C12H22F2N2O2. The fourth-order valence-corrected chi connectivity index (χ4v) is 2.25. The summed E-state index contributed by atoms with van der Waals surface area (Å²) in [6, 6.07) is 0. The van der Waals surface area contributed by atoms with E-state index in [2.05, 4.69) is 0 Å². The van der Waals surface area contributed by atoms with Gasteiger partial charge in [0.1, 0.15) is 6.61 Å². The molecule has 0 saturated carbocycles. The first-order chi connectivity index (χ1) is 8.63. The fraction of sp³-hybridized carbons (Fsp3) is 0.917. The van der Waals surface area contributed by atoms with Crippen molar-refractivity contribution in [2.45, 2.75) is 32.1 Å². The Labute approximate surface area is 106 Å². The van der Waals surface area contributed by atoms with Crippen molar-refractivity contribution in [2.24, 2.45) is 11.7 Å². The number of hydrogen-bond donors (Lipinski definition) is 1. The normalized spacial score (nSPS) is 20.4. The predicted octanol–water partition coefficient (Wildman–Crippen LogP) is 1.25. The Kier molecular flexibility index (Phi) is 7.12. The summed E-state index contributed by atoms with van der Waals surface area (Å²) in [6.07, 6.45) is 0.759. The average molecular weight is 264 g/mol. The molecule has 4 nitrogen and oxygen atoms in total. The number of rotatable bonds is 7. The number of halogens is 2. The number of nitrogens with two attached hydrogens (primary N) is 1. The van der Waals surface area contributed by atoms with Gasteiger partial charge in [-0.05, 0) is 31.7 Å². The van der Waals surface area contributed by atoms with E-state index in [-0.39, 0.29) is 18.9 Å². The van der Waals surface area contributed by atoms with Crippen molar-refractivity contribution in [1.29, 1.82) is 0 Å². The van der Waals surface area contributed by atoms with E-state index in [1.807, 2.05) is 0 Å². The Balaban J connectivity index is 2.20. The first-order valence-electron chi connectivity index (χ1n) is 6.47. The van der Waals surface area contributed by atoms with E-state index in [9.17, 15) is 13.6 Å². The molecule has 1 saturated heterocycles. The van der Waals surface area contributed by atoms with Gasteiger partial charge in [-0.15, -0.1) is 0 Å². The Hall–Kier alpha value is -0.750. The maximum absolute atomic E-state index is 11.8. The van der Waals surface area contributed by atoms with Crippen molar-refractivity contribution in [1.82, 2.24) is 4.90 Å². The van der Waals surface area contributed by atoms with Gasteiger partial charge < -0.3 is 15.4 Å². The second-order valence-corrected chi connectivity index (χ2v) is 4.64. The molecule has 0 bridgehead atoms. The molecule has 2 N–H and O–H groups in total. The molecule has 1 atom stereocenters. The minimum absolute atomic E-state index is 0.00834. The lowest BCUT2D eigenvalue weighted by Gasteiger charge is -2.32. The van der Waals surface area contributed by atoms with Crippen LogP contribution in [0.25, 0.3) is 0 Å². The van der Waals surface area contributed by atoms with E-state index in [4.69, 9.17) is 10.5 Å².